The molecule has 3 N–H and O–H groups in total. The van der Waals surface area contributed by atoms with Crippen molar-refractivity contribution in [3.63, 3.8) is 0 Å². The highest BCUT2D eigenvalue weighted by Gasteiger charge is 2.24. The number of nitrogens with zero attached hydrogens (tertiary/aromatic N) is 6. The summed E-state index contributed by atoms with van der Waals surface area (Å²) in [4.78, 5) is 24.0. The van der Waals surface area contributed by atoms with Crippen molar-refractivity contribution >= 4 is 17.4 Å². The molecule has 1 amide bonds. The Morgan fingerprint density at radius 3 is 2.57 bits per heavy atom. The number of fused-ring (bicyclic) bond motifs is 1. The van der Waals surface area contributed by atoms with Crippen LogP contribution in [0.15, 0.2) is 60.9 Å². The third-order valence-electron chi connectivity index (χ3n) is 7.41. The summed E-state index contributed by atoms with van der Waals surface area (Å²) in [6, 6.07) is 15.7. The Kier molecular flexibility index (Phi) is 7.85. The van der Waals surface area contributed by atoms with E-state index >= 15 is 0 Å². The molecule has 10 nitrogen and oxygen atoms in total. The number of aryl methyl sites for hydroxylation is 3. The molecule has 3 aromatic heterocycles. The van der Waals surface area contributed by atoms with Gasteiger partial charge < -0.3 is 25.0 Å². The summed E-state index contributed by atoms with van der Waals surface area (Å²) in [7, 11) is 3.64. The van der Waals surface area contributed by atoms with E-state index in [1.807, 2.05) is 74.1 Å². The van der Waals surface area contributed by atoms with Crippen LogP contribution in [0.3, 0.4) is 0 Å². The van der Waals surface area contributed by atoms with Crippen molar-refractivity contribution in [2.75, 3.05) is 25.5 Å². The minimum Gasteiger partial charge on any atom is -0.395 e. The van der Waals surface area contributed by atoms with Crippen molar-refractivity contribution in [1.82, 2.24) is 29.0 Å². The third kappa shape index (κ3) is 5.63. The average Bonchev–Trinajstić information content (AvgIpc) is 3.53. The van der Waals surface area contributed by atoms with Crippen LogP contribution in [0.4, 0.5) is 5.82 Å². The van der Waals surface area contributed by atoms with Crippen LogP contribution in [-0.2, 0) is 19.2 Å². The monoisotopic (exact) mass is 567 g/mol. The van der Waals surface area contributed by atoms with E-state index in [0.717, 1.165) is 39.3 Å². The topological polar surface area (TPSA) is 121 Å². The fraction of sp³-hybridized carbons (Fsp3) is 0.312. The molecule has 10 heteroatoms. The van der Waals surface area contributed by atoms with E-state index in [0.29, 0.717) is 29.3 Å². The van der Waals surface area contributed by atoms with Crippen molar-refractivity contribution in [1.29, 1.82) is 0 Å². The van der Waals surface area contributed by atoms with Crippen molar-refractivity contribution in [3.05, 3.63) is 89.0 Å². The first-order valence-corrected chi connectivity index (χ1v) is 13.9. The molecule has 0 saturated carbocycles. The van der Waals surface area contributed by atoms with Gasteiger partial charge in [-0.15, -0.1) is 0 Å². The first-order chi connectivity index (χ1) is 20.0. The quantitative estimate of drug-likeness (QED) is 0.243. The lowest BCUT2D eigenvalue weighted by atomic mass is 9.98. The Bertz CT molecular complexity index is 1760. The molecule has 0 aliphatic heterocycles. The Morgan fingerprint density at radius 1 is 1.10 bits per heavy atom. The van der Waals surface area contributed by atoms with E-state index in [9.17, 15) is 15.0 Å². The highest BCUT2D eigenvalue weighted by Crippen LogP contribution is 2.33. The van der Waals surface area contributed by atoms with Gasteiger partial charge in [0.05, 0.1) is 18.0 Å². The highest BCUT2D eigenvalue weighted by atomic mass is 16.3. The molecule has 218 valence electrons. The number of nitrogens with one attached hydrogen (secondary N) is 1. The van der Waals surface area contributed by atoms with Crippen molar-refractivity contribution in [2.24, 2.45) is 7.05 Å². The summed E-state index contributed by atoms with van der Waals surface area (Å²) in [5, 5.41) is 28.6. The fourth-order valence-corrected chi connectivity index (χ4v) is 5.02. The second-order valence-electron chi connectivity index (χ2n) is 11.2. The molecule has 5 aromatic rings. The van der Waals surface area contributed by atoms with Crippen LogP contribution in [0.5, 0.6) is 0 Å². The molecule has 5 rings (SSSR count). The fourth-order valence-electron chi connectivity index (χ4n) is 5.02. The van der Waals surface area contributed by atoms with Crippen LogP contribution in [0.2, 0.25) is 0 Å². The smallest absolute Gasteiger partial charge is 0.253 e. The van der Waals surface area contributed by atoms with Gasteiger partial charge in [0, 0.05) is 62.3 Å². The molecule has 0 fully saturated rings. The average molecular weight is 568 g/mol. The van der Waals surface area contributed by atoms with Crippen LogP contribution in [0.25, 0.3) is 28.2 Å². The third-order valence-corrected chi connectivity index (χ3v) is 7.41. The lowest BCUT2D eigenvalue weighted by Crippen LogP contribution is -2.30. The van der Waals surface area contributed by atoms with Crippen LogP contribution >= 0.6 is 0 Å². The molecule has 0 radical (unpaired) electrons. The number of anilines is 1. The van der Waals surface area contributed by atoms with Gasteiger partial charge in [-0.2, -0.15) is 9.61 Å². The SMILES string of the molecule is Cc1ccc(-c2c(C)nn3c(NCc4cccc(-c5nccn5C)c4)cc(C(C)(C)O)nc23)cc1C(=O)N(C)CCO. The van der Waals surface area contributed by atoms with Gasteiger partial charge >= 0.3 is 0 Å². The zero-order chi connectivity index (χ0) is 30.2. The molecule has 0 aliphatic rings. The molecule has 0 aliphatic carbocycles. The summed E-state index contributed by atoms with van der Waals surface area (Å²) in [5.74, 6) is 1.40. The normalized spacial score (nSPS) is 11.7. The number of carbonyl (C=O) groups is 1. The second kappa shape index (κ2) is 11.4. The maximum absolute atomic E-state index is 13.1. The van der Waals surface area contributed by atoms with E-state index < -0.39 is 5.60 Å². The van der Waals surface area contributed by atoms with Gasteiger partial charge in [0.25, 0.3) is 5.91 Å². The van der Waals surface area contributed by atoms with Gasteiger partial charge in [0.15, 0.2) is 5.65 Å². The van der Waals surface area contributed by atoms with Crippen molar-refractivity contribution in [2.45, 2.75) is 39.8 Å². The van der Waals surface area contributed by atoms with Gasteiger partial charge in [-0.05, 0) is 56.5 Å². The number of hydrogen-bond acceptors (Lipinski definition) is 7. The lowest BCUT2D eigenvalue weighted by Gasteiger charge is -2.19. The van der Waals surface area contributed by atoms with Gasteiger partial charge in [0.1, 0.15) is 17.2 Å². The zero-order valence-corrected chi connectivity index (χ0v) is 24.9. The molecular weight excluding hydrogens is 530 g/mol. The Morgan fingerprint density at radius 2 is 1.88 bits per heavy atom. The van der Waals surface area contributed by atoms with E-state index in [1.54, 1.807) is 31.6 Å². The van der Waals surface area contributed by atoms with Gasteiger partial charge in [0.2, 0.25) is 0 Å². The number of rotatable bonds is 9. The Balaban J connectivity index is 1.56. The van der Waals surface area contributed by atoms with Crippen molar-refractivity contribution < 1.29 is 15.0 Å². The molecule has 0 unspecified atom stereocenters. The number of imidazole rings is 1. The number of benzene rings is 2. The highest BCUT2D eigenvalue weighted by molar-refractivity contribution is 5.97. The van der Waals surface area contributed by atoms with Crippen LogP contribution in [0, 0.1) is 13.8 Å². The predicted octanol–water partition coefficient (Wildman–Crippen LogP) is 4.32. The minimum atomic E-state index is -1.20. The summed E-state index contributed by atoms with van der Waals surface area (Å²) in [6.07, 6.45) is 3.70. The number of aromatic nitrogens is 5. The van der Waals surface area contributed by atoms with Crippen molar-refractivity contribution in [3.8, 4) is 22.5 Å². The molecule has 0 spiro atoms. The maximum Gasteiger partial charge on any atom is 0.253 e. The van der Waals surface area contributed by atoms with Crippen LogP contribution < -0.4 is 5.32 Å². The number of carbonyl (C=O) groups excluding carboxylic acids is 1. The molecule has 0 atom stereocenters. The molecular formula is C32H37N7O3. The Labute approximate surface area is 245 Å². The predicted molar refractivity (Wildman–Crippen MR) is 163 cm³/mol. The molecule has 3 heterocycles. The molecule has 0 saturated heterocycles. The summed E-state index contributed by atoms with van der Waals surface area (Å²) < 4.78 is 3.74. The summed E-state index contributed by atoms with van der Waals surface area (Å²) in [5.41, 5.74) is 5.63. The number of aliphatic hydroxyl groups excluding tert-OH is 1. The second-order valence-corrected chi connectivity index (χ2v) is 11.2. The number of aliphatic hydroxyl groups is 2. The molecule has 2 aromatic carbocycles. The van der Waals surface area contributed by atoms with E-state index in [2.05, 4.69) is 16.4 Å². The first kappa shape index (κ1) is 29.0. The number of hydrogen-bond donors (Lipinski definition) is 3. The number of amides is 1. The lowest BCUT2D eigenvalue weighted by molar-refractivity contribution is 0.0739. The number of likely N-dealkylation sites (N-methyl/N-ethyl adjacent to an activating group) is 1. The standard InChI is InChI=1S/C32H37N7O3/c1-20-10-11-23(17-25(20)31(41)38(6)14-15-40)28-21(2)36-39-27(18-26(32(3,4)42)35-30(28)39)34-19-22-8-7-9-24(16-22)29-33-12-13-37(29)5/h7-13,16-18,34,40,42H,14-15,19H2,1-6H3. The van der Waals surface area contributed by atoms with Gasteiger partial charge in [-0.1, -0.05) is 30.3 Å². The largest absolute Gasteiger partial charge is 0.395 e. The van der Waals surface area contributed by atoms with Gasteiger partial charge in [-0.3, -0.25) is 4.79 Å². The first-order valence-electron chi connectivity index (χ1n) is 13.9. The maximum atomic E-state index is 13.1. The Hall–Kier alpha value is -4.54. The van der Waals surface area contributed by atoms with Gasteiger partial charge in [-0.25, -0.2) is 9.97 Å². The molecule has 42 heavy (non-hydrogen) atoms. The van der Waals surface area contributed by atoms with E-state index in [1.165, 1.54) is 4.90 Å². The van der Waals surface area contributed by atoms with Crippen LogP contribution in [-0.4, -0.2) is 65.4 Å². The van der Waals surface area contributed by atoms with Crippen LogP contribution in [0.1, 0.15) is 46.7 Å². The summed E-state index contributed by atoms with van der Waals surface area (Å²) >= 11 is 0. The minimum absolute atomic E-state index is 0.110. The zero-order valence-electron chi connectivity index (χ0n) is 24.9. The molecule has 0 bridgehead atoms. The summed E-state index contributed by atoms with van der Waals surface area (Å²) in [6.45, 7) is 7.85. The van der Waals surface area contributed by atoms with E-state index in [-0.39, 0.29) is 19.1 Å². The van der Waals surface area contributed by atoms with E-state index in [4.69, 9.17) is 10.1 Å².